The molecular weight excluding hydrogens is 376 g/mol. The van der Waals surface area contributed by atoms with E-state index in [1.54, 1.807) is 0 Å². The molecule has 28 heavy (non-hydrogen) atoms. The first kappa shape index (κ1) is 17.9. The van der Waals surface area contributed by atoms with E-state index in [1.165, 1.54) is 16.2 Å². The fraction of sp³-hybridized carbons (Fsp3) is 0.571. The average Bonchev–Trinajstić information content (AvgIpc) is 3.10. The molecule has 148 valence electrons. The van der Waals surface area contributed by atoms with Crippen molar-refractivity contribution in [1.29, 1.82) is 0 Å². The number of carbonyl (C=O) groups is 3. The Labute approximate surface area is 167 Å². The number of hydrogen-bond acceptors (Lipinski definition) is 4. The molecule has 0 aliphatic heterocycles. The van der Waals surface area contributed by atoms with Crippen molar-refractivity contribution in [1.82, 2.24) is 5.32 Å². The zero-order valence-electron chi connectivity index (χ0n) is 15.6. The van der Waals surface area contributed by atoms with Gasteiger partial charge in [0.1, 0.15) is 5.00 Å². The number of nitrogens with one attached hydrogen (secondary N) is 2. The topological polar surface area (TPSA) is 95.5 Å². The number of fused-ring (bicyclic) bond motifs is 3. The van der Waals surface area contributed by atoms with Gasteiger partial charge in [-0.25, -0.2) is 0 Å². The number of rotatable bonds is 5. The molecule has 0 aromatic carbocycles. The molecule has 6 nitrogen and oxygen atoms in total. The first-order valence-electron chi connectivity index (χ1n) is 10.2. The van der Waals surface area contributed by atoms with E-state index in [9.17, 15) is 19.5 Å². The fourth-order valence-corrected chi connectivity index (χ4v) is 6.38. The molecule has 5 rings (SSSR count). The highest BCUT2D eigenvalue weighted by atomic mass is 32.1. The van der Waals surface area contributed by atoms with Gasteiger partial charge in [-0.15, -0.1) is 11.3 Å². The summed E-state index contributed by atoms with van der Waals surface area (Å²) < 4.78 is 0. The highest BCUT2D eigenvalue weighted by Crippen LogP contribution is 2.49. The number of carbonyl (C=O) groups excluding carboxylic acids is 2. The Morgan fingerprint density at radius 3 is 2.46 bits per heavy atom. The molecule has 2 bridgehead atoms. The Morgan fingerprint density at radius 2 is 1.75 bits per heavy atom. The first-order valence-corrected chi connectivity index (χ1v) is 11.0. The van der Waals surface area contributed by atoms with Gasteiger partial charge < -0.3 is 15.7 Å². The van der Waals surface area contributed by atoms with Crippen molar-refractivity contribution in [2.75, 3.05) is 5.32 Å². The molecule has 0 radical (unpaired) electrons. The summed E-state index contributed by atoms with van der Waals surface area (Å²) in [4.78, 5) is 38.9. The van der Waals surface area contributed by atoms with E-state index in [-0.39, 0.29) is 29.7 Å². The normalized spacial score (nSPS) is 30.1. The van der Waals surface area contributed by atoms with E-state index >= 15 is 0 Å². The number of aryl methyl sites for hydroxylation is 1. The van der Waals surface area contributed by atoms with E-state index in [2.05, 4.69) is 10.6 Å². The van der Waals surface area contributed by atoms with Gasteiger partial charge in [-0.1, -0.05) is 12.2 Å². The van der Waals surface area contributed by atoms with Gasteiger partial charge in [0.15, 0.2) is 0 Å². The van der Waals surface area contributed by atoms with Gasteiger partial charge in [-0.3, -0.25) is 14.4 Å². The largest absolute Gasteiger partial charge is 0.481 e. The molecule has 3 N–H and O–H groups in total. The predicted molar refractivity (Wildman–Crippen MR) is 105 cm³/mol. The number of anilines is 1. The summed E-state index contributed by atoms with van der Waals surface area (Å²) in [7, 11) is 0. The van der Waals surface area contributed by atoms with Crippen LogP contribution in [0.25, 0.3) is 0 Å². The Hall–Kier alpha value is -2.15. The van der Waals surface area contributed by atoms with Crippen LogP contribution in [0.4, 0.5) is 5.00 Å². The number of amides is 2. The monoisotopic (exact) mass is 400 g/mol. The number of carboxylic acids is 1. The van der Waals surface area contributed by atoms with Crippen molar-refractivity contribution in [2.24, 2.45) is 23.7 Å². The lowest BCUT2D eigenvalue weighted by Crippen LogP contribution is -2.36. The predicted octanol–water partition coefficient (Wildman–Crippen LogP) is 2.98. The molecule has 2 amide bonds. The summed E-state index contributed by atoms with van der Waals surface area (Å²) in [6, 6.07) is 0.252. The quantitative estimate of drug-likeness (QED) is 0.662. The maximum Gasteiger partial charge on any atom is 0.307 e. The maximum absolute atomic E-state index is 13.1. The van der Waals surface area contributed by atoms with Gasteiger partial charge in [0.05, 0.1) is 17.4 Å². The molecular formula is C21H24N2O4S. The molecule has 2 fully saturated rings. The third-order valence-corrected chi connectivity index (χ3v) is 7.80. The Kier molecular flexibility index (Phi) is 4.30. The van der Waals surface area contributed by atoms with Crippen LogP contribution in [0.2, 0.25) is 0 Å². The molecule has 7 heteroatoms. The summed E-state index contributed by atoms with van der Waals surface area (Å²) in [6.07, 6.45) is 10.6. The van der Waals surface area contributed by atoms with Crippen LogP contribution in [0.3, 0.4) is 0 Å². The SMILES string of the molecule is O=C(NC1CC1)c1c(NC(=O)[C@@H]2[C@@H](C(=O)O)[C@H]3C=C[C@@H]2C3)sc2c1CCCC2. The highest BCUT2D eigenvalue weighted by Gasteiger charge is 2.51. The highest BCUT2D eigenvalue weighted by molar-refractivity contribution is 7.17. The lowest BCUT2D eigenvalue weighted by molar-refractivity contribution is -0.146. The van der Waals surface area contributed by atoms with Crippen molar-refractivity contribution >= 4 is 34.1 Å². The molecule has 2 saturated carbocycles. The molecule has 0 saturated heterocycles. The number of thiophene rings is 1. The van der Waals surface area contributed by atoms with E-state index in [0.717, 1.165) is 50.5 Å². The third-order valence-electron chi connectivity index (χ3n) is 6.59. The minimum absolute atomic E-state index is 0.0237. The number of allylic oxidation sites excluding steroid dienone is 2. The lowest BCUT2D eigenvalue weighted by Gasteiger charge is -2.23. The summed E-state index contributed by atoms with van der Waals surface area (Å²) in [5, 5.41) is 16.3. The first-order chi connectivity index (χ1) is 13.5. The van der Waals surface area contributed by atoms with E-state index in [0.29, 0.717) is 10.6 Å². The van der Waals surface area contributed by atoms with E-state index < -0.39 is 17.8 Å². The Balaban J connectivity index is 1.43. The van der Waals surface area contributed by atoms with Crippen molar-refractivity contribution < 1.29 is 19.5 Å². The van der Waals surface area contributed by atoms with Crippen LogP contribution in [-0.2, 0) is 22.4 Å². The molecule has 4 aliphatic carbocycles. The van der Waals surface area contributed by atoms with Crippen LogP contribution in [0.1, 0.15) is 52.9 Å². The molecule has 0 unspecified atom stereocenters. The fourth-order valence-electron chi connectivity index (χ4n) is 5.09. The van der Waals surface area contributed by atoms with Crippen molar-refractivity contribution in [3.63, 3.8) is 0 Å². The lowest BCUT2D eigenvalue weighted by atomic mass is 9.82. The summed E-state index contributed by atoms with van der Waals surface area (Å²) in [6.45, 7) is 0. The van der Waals surface area contributed by atoms with Gasteiger partial charge in [0.25, 0.3) is 5.91 Å². The molecule has 1 aromatic rings. The smallest absolute Gasteiger partial charge is 0.307 e. The van der Waals surface area contributed by atoms with Crippen LogP contribution in [0.5, 0.6) is 0 Å². The van der Waals surface area contributed by atoms with Gasteiger partial charge in [0.2, 0.25) is 5.91 Å². The van der Waals surface area contributed by atoms with Crippen LogP contribution < -0.4 is 10.6 Å². The second kappa shape index (κ2) is 6.72. The van der Waals surface area contributed by atoms with Gasteiger partial charge in [-0.05, 0) is 62.3 Å². The van der Waals surface area contributed by atoms with Gasteiger partial charge in [0, 0.05) is 10.9 Å². The number of carboxylic acid groups (broad SMARTS) is 1. The van der Waals surface area contributed by atoms with Crippen LogP contribution >= 0.6 is 11.3 Å². The number of hydrogen-bond donors (Lipinski definition) is 3. The zero-order chi connectivity index (χ0) is 19.4. The standard InChI is InChI=1S/C21H24N2O4S/c24-18(15-10-5-6-11(9-10)16(15)21(26)27)23-20-17(19(25)22-12-7-8-12)13-3-1-2-4-14(13)28-20/h5-6,10-12,15-16H,1-4,7-9H2,(H,22,25)(H,23,24)(H,26,27)/t10-,11+,15+,16+/m1/s1. The zero-order valence-corrected chi connectivity index (χ0v) is 16.4. The second-order valence-electron chi connectivity index (χ2n) is 8.49. The number of aliphatic carboxylic acids is 1. The molecule has 4 atom stereocenters. The minimum atomic E-state index is -0.908. The third kappa shape index (κ3) is 2.96. The van der Waals surface area contributed by atoms with Crippen LogP contribution in [-0.4, -0.2) is 28.9 Å². The van der Waals surface area contributed by atoms with Crippen LogP contribution in [0.15, 0.2) is 12.2 Å². The Morgan fingerprint density at radius 1 is 1.04 bits per heavy atom. The second-order valence-corrected chi connectivity index (χ2v) is 9.60. The summed E-state index contributed by atoms with van der Waals surface area (Å²) in [5.41, 5.74) is 1.69. The van der Waals surface area contributed by atoms with E-state index in [4.69, 9.17) is 0 Å². The molecule has 4 aliphatic rings. The molecule has 1 heterocycles. The van der Waals surface area contributed by atoms with Crippen molar-refractivity contribution in [3.05, 3.63) is 28.2 Å². The maximum atomic E-state index is 13.1. The Bertz CT molecular complexity index is 885. The minimum Gasteiger partial charge on any atom is -0.481 e. The van der Waals surface area contributed by atoms with Crippen LogP contribution in [0, 0.1) is 23.7 Å². The van der Waals surface area contributed by atoms with Crippen molar-refractivity contribution in [2.45, 2.75) is 51.0 Å². The van der Waals surface area contributed by atoms with Gasteiger partial charge in [-0.2, -0.15) is 0 Å². The average molecular weight is 401 g/mol. The molecule has 1 aromatic heterocycles. The van der Waals surface area contributed by atoms with E-state index in [1.807, 2.05) is 12.2 Å². The van der Waals surface area contributed by atoms with Gasteiger partial charge >= 0.3 is 5.97 Å². The van der Waals surface area contributed by atoms with Crippen molar-refractivity contribution in [3.8, 4) is 0 Å². The summed E-state index contributed by atoms with van der Waals surface area (Å²) >= 11 is 1.50. The molecule has 0 spiro atoms. The summed E-state index contributed by atoms with van der Waals surface area (Å²) in [5.74, 6) is -2.59.